The molecule has 100 valence electrons. The number of methoxy groups -OCH3 is 1. The second-order valence-electron chi connectivity index (χ2n) is 4.23. The molecule has 3 aromatic rings. The third kappa shape index (κ3) is 2.34. The van der Waals surface area contributed by atoms with Crippen LogP contribution in [0, 0.1) is 0 Å². The number of benzene rings is 2. The summed E-state index contributed by atoms with van der Waals surface area (Å²) in [4.78, 5) is 4.23. The molecular formula is C16H12BrNO2. The van der Waals surface area contributed by atoms with Crippen molar-refractivity contribution >= 4 is 15.9 Å². The Kier molecular flexibility index (Phi) is 3.56. The fraction of sp³-hybridized carbons (Fsp3) is 0.0625. The molecule has 0 atom stereocenters. The highest BCUT2D eigenvalue weighted by Crippen LogP contribution is 2.36. The van der Waals surface area contributed by atoms with Gasteiger partial charge in [0.1, 0.15) is 12.0 Å². The van der Waals surface area contributed by atoms with Crippen LogP contribution in [0.15, 0.2) is 63.8 Å². The van der Waals surface area contributed by atoms with Crippen molar-refractivity contribution in [1.29, 1.82) is 0 Å². The molecule has 3 nitrogen and oxygen atoms in total. The summed E-state index contributed by atoms with van der Waals surface area (Å²) in [6.07, 6.45) is 3.23. The number of ether oxygens (including phenoxy) is 1. The smallest absolute Gasteiger partial charge is 0.226 e. The molecule has 1 heterocycles. The Labute approximate surface area is 125 Å². The van der Waals surface area contributed by atoms with Crippen molar-refractivity contribution in [3.63, 3.8) is 0 Å². The molecule has 0 bridgehead atoms. The lowest BCUT2D eigenvalue weighted by atomic mass is 9.99. The van der Waals surface area contributed by atoms with Crippen molar-refractivity contribution in [1.82, 2.24) is 4.98 Å². The first kappa shape index (κ1) is 12.9. The van der Waals surface area contributed by atoms with Crippen molar-refractivity contribution < 1.29 is 9.15 Å². The minimum atomic E-state index is 0.614. The molecule has 0 spiro atoms. The standard InChI is InChI=1S/C16H12BrNO2/c1-19-11-6-7-13(15(17)10-11)12-4-2-3-5-14(12)16-18-8-9-20-16/h2-10H,1H3. The van der Waals surface area contributed by atoms with E-state index in [-0.39, 0.29) is 0 Å². The summed E-state index contributed by atoms with van der Waals surface area (Å²) in [5, 5.41) is 0. The van der Waals surface area contributed by atoms with Crippen LogP contribution in [0.3, 0.4) is 0 Å². The average Bonchev–Trinajstić information content (AvgIpc) is 3.01. The highest BCUT2D eigenvalue weighted by molar-refractivity contribution is 9.10. The Morgan fingerprint density at radius 1 is 1.05 bits per heavy atom. The molecule has 1 aromatic heterocycles. The van der Waals surface area contributed by atoms with Crippen LogP contribution in [0.4, 0.5) is 0 Å². The number of nitrogens with zero attached hydrogens (tertiary/aromatic N) is 1. The van der Waals surface area contributed by atoms with Crippen LogP contribution in [0.1, 0.15) is 0 Å². The van der Waals surface area contributed by atoms with Crippen LogP contribution in [-0.4, -0.2) is 12.1 Å². The minimum Gasteiger partial charge on any atom is -0.497 e. The van der Waals surface area contributed by atoms with Crippen molar-refractivity contribution in [2.24, 2.45) is 0 Å². The van der Waals surface area contributed by atoms with Crippen LogP contribution in [0.25, 0.3) is 22.6 Å². The maximum absolute atomic E-state index is 5.42. The predicted molar refractivity (Wildman–Crippen MR) is 81.6 cm³/mol. The number of rotatable bonds is 3. The maximum atomic E-state index is 5.42. The zero-order valence-corrected chi connectivity index (χ0v) is 12.4. The summed E-state index contributed by atoms with van der Waals surface area (Å²) in [5.74, 6) is 1.43. The molecule has 4 heteroatoms. The molecule has 0 amide bonds. The summed E-state index contributed by atoms with van der Waals surface area (Å²) >= 11 is 3.59. The van der Waals surface area contributed by atoms with Gasteiger partial charge in [-0.15, -0.1) is 0 Å². The van der Waals surface area contributed by atoms with Crippen LogP contribution in [0.5, 0.6) is 5.75 Å². The van der Waals surface area contributed by atoms with Gasteiger partial charge in [-0.3, -0.25) is 0 Å². The summed E-state index contributed by atoms with van der Waals surface area (Å²) in [5.41, 5.74) is 3.09. The van der Waals surface area contributed by atoms with E-state index < -0.39 is 0 Å². The van der Waals surface area contributed by atoms with Crippen LogP contribution in [-0.2, 0) is 0 Å². The van der Waals surface area contributed by atoms with Gasteiger partial charge in [-0.05, 0) is 35.4 Å². The Hall–Kier alpha value is -2.07. The molecular weight excluding hydrogens is 318 g/mol. The van der Waals surface area contributed by atoms with Crippen molar-refractivity contribution in [2.75, 3.05) is 7.11 Å². The second kappa shape index (κ2) is 5.51. The van der Waals surface area contributed by atoms with E-state index in [1.54, 1.807) is 19.6 Å². The van der Waals surface area contributed by atoms with Gasteiger partial charge in [-0.1, -0.05) is 34.1 Å². The third-order valence-corrected chi connectivity index (χ3v) is 3.71. The first-order chi connectivity index (χ1) is 9.79. The topological polar surface area (TPSA) is 35.3 Å². The lowest BCUT2D eigenvalue weighted by molar-refractivity contribution is 0.414. The van der Waals surface area contributed by atoms with E-state index in [2.05, 4.69) is 20.9 Å². The molecule has 3 rings (SSSR count). The molecule has 2 aromatic carbocycles. The molecule has 20 heavy (non-hydrogen) atoms. The number of halogens is 1. The lowest BCUT2D eigenvalue weighted by Crippen LogP contribution is -1.88. The van der Waals surface area contributed by atoms with Gasteiger partial charge >= 0.3 is 0 Å². The summed E-state index contributed by atoms with van der Waals surface area (Å²) in [6.45, 7) is 0. The molecule has 0 saturated carbocycles. The van der Waals surface area contributed by atoms with Gasteiger partial charge in [-0.2, -0.15) is 0 Å². The largest absolute Gasteiger partial charge is 0.497 e. The second-order valence-corrected chi connectivity index (χ2v) is 5.08. The van der Waals surface area contributed by atoms with Crippen LogP contribution in [0.2, 0.25) is 0 Å². The Bertz CT molecular complexity index is 723. The molecule has 0 fully saturated rings. The molecule has 0 saturated heterocycles. The van der Waals surface area contributed by atoms with Gasteiger partial charge in [0.15, 0.2) is 0 Å². The van der Waals surface area contributed by atoms with E-state index >= 15 is 0 Å². The van der Waals surface area contributed by atoms with Gasteiger partial charge in [0.25, 0.3) is 0 Å². The van der Waals surface area contributed by atoms with E-state index in [4.69, 9.17) is 9.15 Å². The first-order valence-electron chi connectivity index (χ1n) is 6.12. The summed E-state index contributed by atoms with van der Waals surface area (Å²) in [7, 11) is 1.65. The van der Waals surface area contributed by atoms with Crippen molar-refractivity contribution in [3.05, 3.63) is 59.4 Å². The van der Waals surface area contributed by atoms with E-state index in [9.17, 15) is 0 Å². The van der Waals surface area contributed by atoms with Gasteiger partial charge in [0.2, 0.25) is 5.89 Å². The SMILES string of the molecule is COc1ccc(-c2ccccc2-c2ncco2)c(Br)c1. The van der Waals surface area contributed by atoms with E-state index in [1.165, 1.54) is 0 Å². The number of hydrogen-bond acceptors (Lipinski definition) is 3. The summed E-state index contributed by atoms with van der Waals surface area (Å²) < 4.78 is 11.6. The average molecular weight is 330 g/mol. The van der Waals surface area contributed by atoms with E-state index in [0.29, 0.717) is 5.89 Å². The van der Waals surface area contributed by atoms with Crippen LogP contribution < -0.4 is 4.74 Å². The fourth-order valence-corrected chi connectivity index (χ4v) is 2.67. The van der Waals surface area contributed by atoms with Gasteiger partial charge in [-0.25, -0.2) is 4.98 Å². The first-order valence-corrected chi connectivity index (χ1v) is 6.91. The fourth-order valence-electron chi connectivity index (χ4n) is 2.10. The van der Waals surface area contributed by atoms with Crippen molar-refractivity contribution in [2.45, 2.75) is 0 Å². The number of aromatic nitrogens is 1. The maximum Gasteiger partial charge on any atom is 0.226 e. The van der Waals surface area contributed by atoms with E-state index in [0.717, 1.165) is 26.9 Å². The number of oxazole rings is 1. The Balaban J connectivity index is 2.16. The van der Waals surface area contributed by atoms with Gasteiger partial charge < -0.3 is 9.15 Å². The minimum absolute atomic E-state index is 0.614. The molecule has 0 aliphatic rings. The molecule has 0 N–H and O–H groups in total. The van der Waals surface area contributed by atoms with Crippen LogP contribution >= 0.6 is 15.9 Å². The van der Waals surface area contributed by atoms with Gasteiger partial charge in [0.05, 0.1) is 13.3 Å². The van der Waals surface area contributed by atoms with E-state index in [1.807, 2.05) is 42.5 Å². The lowest BCUT2D eigenvalue weighted by Gasteiger charge is -2.10. The molecule has 0 unspecified atom stereocenters. The molecule has 0 radical (unpaired) electrons. The zero-order valence-electron chi connectivity index (χ0n) is 10.8. The Morgan fingerprint density at radius 2 is 1.85 bits per heavy atom. The Morgan fingerprint density at radius 3 is 2.50 bits per heavy atom. The molecule has 0 aliphatic carbocycles. The van der Waals surface area contributed by atoms with Gasteiger partial charge in [0, 0.05) is 10.0 Å². The molecule has 0 aliphatic heterocycles. The monoisotopic (exact) mass is 329 g/mol. The zero-order chi connectivity index (χ0) is 13.9. The predicted octanol–water partition coefficient (Wildman–Crippen LogP) is 4.78. The normalized spacial score (nSPS) is 10.5. The number of hydrogen-bond donors (Lipinski definition) is 0. The third-order valence-electron chi connectivity index (χ3n) is 3.06. The summed E-state index contributed by atoms with van der Waals surface area (Å²) in [6, 6.07) is 13.9. The van der Waals surface area contributed by atoms with Crippen molar-refractivity contribution in [3.8, 4) is 28.3 Å². The highest BCUT2D eigenvalue weighted by Gasteiger charge is 2.13. The quantitative estimate of drug-likeness (QED) is 0.693. The highest BCUT2D eigenvalue weighted by atomic mass is 79.9.